The quantitative estimate of drug-likeness (QED) is 0.826. The molecule has 0 spiro atoms. The van der Waals surface area contributed by atoms with Gasteiger partial charge in [-0.1, -0.05) is 6.07 Å². The van der Waals surface area contributed by atoms with E-state index in [0.29, 0.717) is 11.8 Å². The van der Waals surface area contributed by atoms with E-state index in [1.807, 2.05) is 0 Å². The predicted octanol–water partition coefficient (Wildman–Crippen LogP) is 1.89. The zero-order valence-electron chi connectivity index (χ0n) is 11.0. The largest absolute Gasteiger partial charge is 0.493 e. The lowest BCUT2D eigenvalue weighted by Crippen LogP contribution is -2.26. The molecule has 1 atom stereocenters. The highest BCUT2D eigenvalue weighted by molar-refractivity contribution is 5.76. The first kappa shape index (κ1) is 13.8. The van der Waals surface area contributed by atoms with Crippen molar-refractivity contribution in [3.05, 3.63) is 29.6 Å². The van der Waals surface area contributed by atoms with Gasteiger partial charge in [0.15, 0.2) is 0 Å². The molecule has 0 saturated heterocycles. The minimum absolute atomic E-state index is 0.0266. The molecule has 3 N–H and O–H groups in total. The fourth-order valence-corrected chi connectivity index (χ4v) is 1.79. The number of ether oxygens (including phenoxy) is 1. The molecule has 1 aromatic rings. The van der Waals surface area contributed by atoms with Crippen LogP contribution in [0.3, 0.4) is 0 Å². The van der Waals surface area contributed by atoms with Crippen LogP contribution in [0.4, 0.5) is 4.39 Å². The third kappa shape index (κ3) is 4.21. The summed E-state index contributed by atoms with van der Waals surface area (Å²) in [4.78, 5) is 11.5. The average molecular weight is 266 g/mol. The Bertz CT molecular complexity index is 459. The van der Waals surface area contributed by atoms with Gasteiger partial charge in [-0.2, -0.15) is 0 Å². The van der Waals surface area contributed by atoms with Crippen LogP contribution in [0.2, 0.25) is 0 Å². The second kappa shape index (κ2) is 6.02. The molecule has 1 fully saturated rings. The maximum atomic E-state index is 13.2. The summed E-state index contributed by atoms with van der Waals surface area (Å²) in [7, 11) is 0. The monoisotopic (exact) mass is 266 g/mol. The topological polar surface area (TPSA) is 64.3 Å². The number of nitrogens with two attached hydrogens (primary N) is 1. The Morgan fingerprint density at radius 3 is 2.95 bits per heavy atom. The first-order chi connectivity index (χ1) is 9.06. The van der Waals surface area contributed by atoms with Gasteiger partial charge < -0.3 is 15.8 Å². The lowest BCUT2D eigenvalue weighted by atomic mass is 10.1. The summed E-state index contributed by atoms with van der Waals surface area (Å²) in [5.74, 6) is 0.0114. The van der Waals surface area contributed by atoms with Crippen molar-refractivity contribution in [2.24, 2.45) is 5.73 Å². The Kier molecular flexibility index (Phi) is 4.37. The summed E-state index contributed by atoms with van der Waals surface area (Å²) in [5.41, 5.74) is 6.53. The summed E-state index contributed by atoms with van der Waals surface area (Å²) in [6.07, 6.45) is 2.39. The summed E-state index contributed by atoms with van der Waals surface area (Å²) in [6, 6.07) is 4.37. The van der Waals surface area contributed by atoms with Gasteiger partial charge in [-0.3, -0.25) is 4.79 Å². The van der Waals surface area contributed by atoms with Crippen LogP contribution >= 0.6 is 0 Å². The molecular formula is C14H19FN2O2. The molecule has 0 bridgehead atoms. The molecule has 0 aromatic heterocycles. The van der Waals surface area contributed by atoms with Gasteiger partial charge in [-0.25, -0.2) is 4.39 Å². The van der Waals surface area contributed by atoms with Gasteiger partial charge >= 0.3 is 0 Å². The standard InChI is InChI=1S/C14H19FN2O2/c1-9(16)12-5-2-10(15)8-13(12)19-7-6-14(18)17-11-3-4-11/h2,5,8-9,11H,3-4,6-7,16H2,1H3,(H,17,18)/t9-/m1/s1. The number of amides is 1. The fourth-order valence-electron chi connectivity index (χ4n) is 1.79. The van der Waals surface area contributed by atoms with Gasteiger partial charge in [-0.15, -0.1) is 0 Å². The molecule has 2 rings (SSSR count). The molecule has 1 aliphatic carbocycles. The van der Waals surface area contributed by atoms with Crippen LogP contribution in [0.1, 0.15) is 37.8 Å². The number of benzene rings is 1. The second-order valence-corrected chi connectivity index (χ2v) is 4.91. The number of hydrogen-bond acceptors (Lipinski definition) is 3. The first-order valence-corrected chi connectivity index (χ1v) is 6.53. The number of carbonyl (C=O) groups is 1. The molecule has 0 heterocycles. The van der Waals surface area contributed by atoms with Crippen molar-refractivity contribution in [3.8, 4) is 5.75 Å². The molecule has 0 aliphatic heterocycles. The van der Waals surface area contributed by atoms with Crippen LogP contribution in [-0.2, 0) is 4.79 Å². The minimum atomic E-state index is -0.373. The van der Waals surface area contributed by atoms with Crippen LogP contribution < -0.4 is 15.8 Å². The van der Waals surface area contributed by atoms with E-state index in [2.05, 4.69) is 5.32 Å². The maximum absolute atomic E-state index is 13.2. The van der Waals surface area contributed by atoms with E-state index in [9.17, 15) is 9.18 Å². The van der Waals surface area contributed by atoms with Crippen LogP contribution in [-0.4, -0.2) is 18.6 Å². The molecule has 19 heavy (non-hydrogen) atoms. The van der Waals surface area contributed by atoms with Gasteiger partial charge in [0.05, 0.1) is 13.0 Å². The Labute approximate surface area is 112 Å². The fraction of sp³-hybridized carbons (Fsp3) is 0.500. The Hall–Kier alpha value is -1.62. The second-order valence-electron chi connectivity index (χ2n) is 4.91. The van der Waals surface area contributed by atoms with Crippen molar-refractivity contribution in [1.29, 1.82) is 0 Å². The number of hydrogen-bond donors (Lipinski definition) is 2. The lowest BCUT2D eigenvalue weighted by Gasteiger charge is -2.14. The molecule has 4 nitrogen and oxygen atoms in total. The van der Waals surface area contributed by atoms with Gasteiger partial charge in [0.1, 0.15) is 11.6 Å². The van der Waals surface area contributed by atoms with Crippen LogP contribution in [0.25, 0.3) is 0 Å². The van der Waals surface area contributed by atoms with E-state index in [0.717, 1.165) is 18.4 Å². The van der Waals surface area contributed by atoms with E-state index in [1.54, 1.807) is 13.0 Å². The van der Waals surface area contributed by atoms with Crippen molar-refractivity contribution in [3.63, 3.8) is 0 Å². The molecule has 0 unspecified atom stereocenters. The zero-order valence-corrected chi connectivity index (χ0v) is 11.0. The smallest absolute Gasteiger partial charge is 0.223 e. The van der Waals surface area contributed by atoms with E-state index in [4.69, 9.17) is 10.5 Å². The highest BCUT2D eigenvalue weighted by Crippen LogP contribution is 2.25. The lowest BCUT2D eigenvalue weighted by molar-refractivity contribution is -0.121. The Balaban J connectivity index is 1.87. The molecule has 1 aliphatic rings. The van der Waals surface area contributed by atoms with Gasteiger partial charge in [0, 0.05) is 23.7 Å². The maximum Gasteiger partial charge on any atom is 0.223 e. The highest BCUT2D eigenvalue weighted by Gasteiger charge is 2.22. The number of halogens is 1. The molecule has 1 aromatic carbocycles. The summed E-state index contributed by atoms with van der Waals surface area (Å²) in [5, 5.41) is 2.87. The minimum Gasteiger partial charge on any atom is -0.493 e. The highest BCUT2D eigenvalue weighted by atomic mass is 19.1. The summed E-state index contributed by atoms with van der Waals surface area (Å²) < 4.78 is 18.6. The van der Waals surface area contributed by atoms with Crippen molar-refractivity contribution >= 4 is 5.91 Å². The van der Waals surface area contributed by atoms with Gasteiger partial charge in [-0.05, 0) is 25.8 Å². The van der Waals surface area contributed by atoms with Crippen LogP contribution in [0.5, 0.6) is 5.75 Å². The summed E-state index contributed by atoms with van der Waals surface area (Å²) in [6.45, 7) is 2.03. The number of carbonyl (C=O) groups excluding carboxylic acids is 1. The van der Waals surface area contributed by atoms with Gasteiger partial charge in [0.2, 0.25) is 5.91 Å². The van der Waals surface area contributed by atoms with Crippen molar-refractivity contribution in [2.75, 3.05) is 6.61 Å². The predicted molar refractivity (Wildman–Crippen MR) is 70.3 cm³/mol. The normalized spacial score (nSPS) is 15.9. The van der Waals surface area contributed by atoms with Crippen molar-refractivity contribution in [2.45, 2.75) is 38.3 Å². The Morgan fingerprint density at radius 1 is 1.58 bits per heavy atom. The van der Waals surface area contributed by atoms with E-state index in [1.165, 1.54) is 12.1 Å². The van der Waals surface area contributed by atoms with E-state index >= 15 is 0 Å². The molecule has 104 valence electrons. The summed E-state index contributed by atoms with van der Waals surface area (Å²) >= 11 is 0. The average Bonchev–Trinajstić information content (AvgIpc) is 3.12. The van der Waals surface area contributed by atoms with E-state index in [-0.39, 0.29) is 30.8 Å². The van der Waals surface area contributed by atoms with Crippen LogP contribution in [0.15, 0.2) is 18.2 Å². The zero-order chi connectivity index (χ0) is 13.8. The first-order valence-electron chi connectivity index (χ1n) is 6.53. The molecule has 0 radical (unpaired) electrons. The van der Waals surface area contributed by atoms with Crippen molar-refractivity contribution in [1.82, 2.24) is 5.32 Å². The van der Waals surface area contributed by atoms with E-state index < -0.39 is 0 Å². The third-order valence-corrected chi connectivity index (χ3v) is 3.00. The number of rotatable bonds is 6. The van der Waals surface area contributed by atoms with Crippen LogP contribution in [0, 0.1) is 5.82 Å². The molecule has 5 heteroatoms. The number of nitrogens with one attached hydrogen (secondary N) is 1. The molecule has 1 amide bonds. The third-order valence-electron chi connectivity index (χ3n) is 3.00. The SMILES string of the molecule is C[C@@H](N)c1ccc(F)cc1OCCC(=O)NC1CC1. The van der Waals surface area contributed by atoms with Crippen molar-refractivity contribution < 1.29 is 13.9 Å². The molecular weight excluding hydrogens is 247 g/mol. The Morgan fingerprint density at radius 2 is 2.32 bits per heavy atom. The van der Waals surface area contributed by atoms with Gasteiger partial charge in [0.25, 0.3) is 0 Å². The molecule has 1 saturated carbocycles.